The third-order valence-electron chi connectivity index (χ3n) is 3.52. The van der Waals surface area contributed by atoms with Gasteiger partial charge in [0, 0.05) is 10.7 Å². The summed E-state index contributed by atoms with van der Waals surface area (Å²) >= 11 is 7.02. The molecule has 0 aliphatic rings. The summed E-state index contributed by atoms with van der Waals surface area (Å²) in [6.07, 6.45) is 3.27. The second kappa shape index (κ2) is 10.9. The van der Waals surface area contributed by atoms with Crippen LogP contribution in [0.2, 0.25) is 0 Å². The average molecular weight is 398 g/mol. The standard InChI is InChI=1S/C15H26Br2O2/c1-5-19-15(18)12(4)14(11(2)3)10-13(6-8-16)7-9-17/h12-14H,2,5-10H2,1,3-4H3/t12-,14+/m1/s1. The van der Waals surface area contributed by atoms with Crippen molar-refractivity contribution in [1.82, 2.24) is 0 Å². The fourth-order valence-electron chi connectivity index (χ4n) is 2.32. The topological polar surface area (TPSA) is 26.3 Å². The van der Waals surface area contributed by atoms with Crippen LogP contribution in [-0.4, -0.2) is 23.2 Å². The molecule has 2 nitrogen and oxygen atoms in total. The Morgan fingerprint density at radius 3 is 2.16 bits per heavy atom. The molecule has 2 atom stereocenters. The molecule has 0 N–H and O–H groups in total. The summed E-state index contributed by atoms with van der Waals surface area (Å²) in [5, 5.41) is 2.00. The Bertz CT molecular complexity index is 273. The molecule has 0 fully saturated rings. The summed E-state index contributed by atoms with van der Waals surface area (Å²) in [5.41, 5.74) is 1.08. The number of hydrogen-bond acceptors (Lipinski definition) is 2. The van der Waals surface area contributed by atoms with E-state index in [1.165, 1.54) is 0 Å². The quantitative estimate of drug-likeness (QED) is 0.296. The zero-order chi connectivity index (χ0) is 14.8. The van der Waals surface area contributed by atoms with E-state index in [1.807, 2.05) is 20.8 Å². The highest BCUT2D eigenvalue weighted by Crippen LogP contribution is 2.31. The van der Waals surface area contributed by atoms with Crippen molar-refractivity contribution in [3.8, 4) is 0 Å². The third-order valence-corrected chi connectivity index (χ3v) is 4.43. The van der Waals surface area contributed by atoms with E-state index in [4.69, 9.17) is 4.74 Å². The van der Waals surface area contributed by atoms with Crippen LogP contribution < -0.4 is 0 Å². The minimum atomic E-state index is -0.106. The van der Waals surface area contributed by atoms with Crippen molar-refractivity contribution in [2.45, 2.75) is 40.0 Å². The number of alkyl halides is 2. The van der Waals surface area contributed by atoms with Crippen LogP contribution in [0.15, 0.2) is 12.2 Å². The van der Waals surface area contributed by atoms with Gasteiger partial charge < -0.3 is 4.74 Å². The number of carbonyl (C=O) groups is 1. The maximum Gasteiger partial charge on any atom is 0.309 e. The van der Waals surface area contributed by atoms with E-state index in [-0.39, 0.29) is 17.8 Å². The minimum absolute atomic E-state index is 0.105. The molecule has 19 heavy (non-hydrogen) atoms. The molecule has 0 aromatic heterocycles. The first-order valence-corrected chi connectivity index (χ1v) is 9.16. The molecule has 0 amide bonds. The smallest absolute Gasteiger partial charge is 0.309 e. The SMILES string of the molecule is C=C(C)[C@H](CC(CCBr)CCBr)[C@@H](C)C(=O)OCC. The summed E-state index contributed by atoms with van der Waals surface area (Å²) in [7, 11) is 0. The Kier molecular flexibility index (Phi) is 11.0. The van der Waals surface area contributed by atoms with Gasteiger partial charge in [0.1, 0.15) is 0 Å². The molecule has 0 unspecified atom stereocenters. The number of halogens is 2. The van der Waals surface area contributed by atoms with Crippen molar-refractivity contribution in [3.05, 3.63) is 12.2 Å². The molecule has 0 aromatic rings. The number of hydrogen-bond donors (Lipinski definition) is 0. The van der Waals surface area contributed by atoms with E-state index >= 15 is 0 Å². The predicted octanol–water partition coefficient (Wildman–Crippen LogP) is 4.95. The molecule has 0 bridgehead atoms. The van der Waals surface area contributed by atoms with Crippen LogP contribution in [-0.2, 0) is 9.53 Å². The van der Waals surface area contributed by atoms with Crippen molar-refractivity contribution in [2.24, 2.45) is 17.8 Å². The highest BCUT2D eigenvalue weighted by atomic mass is 79.9. The van der Waals surface area contributed by atoms with Gasteiger partial charge in [-0.2, -0.15) is 0 Å². The lowest BCUT2D eigenvalue weighted by Crippen LogP contribution is -2.26. The Balaban J connectivity index is 4.70. The number of esters is 1. The molecule has 0 saturated heterocycles. The summed E-state index contributed by atoms with van der Waals surface area (Å²) in [4.78, 5) is 11.9. The Labute approximate surface area is 134 Å². The number of carbonyl (C=O) groups excluding carboxylic acids is 1. The second-order valence-corrected chi connectivity index (χ2v) is 6.64. The fraction of sp³-hybridized carbons (Fsp3) is 0.800. The van der Waals surface area contributed by atoms with Gasteiger partial charge in [0.05, 0.1) is 12.5 Å². The Morgan fingerprint density at radius 2 is 1.79 bits per heavy atom. The molecule has 0 heterocycles. The molecule has 0 rings (SSSR count). The van der Waals surface area contributed by atoms with Crippen molar-refractivity contribution < 1.29 is 9.53 Å². The largest absolute Gasteiger partial charge is 0.466 e. The van der Waals surface area contributed by atoms with Crippen molar-refractivity contribution in [3.63, 3.8) is 0 Å². The first-order valence-electron chi connectivity index (χ1n) is 6.91. The fourth-order valence-corrected chi connectivity index (χ4v) is 3.61. The number of allylic oxidation sites excluding steroid dienone is 1. The van der Waals surface area contributed by atoms with Crippen LogP contribution in [0.3, 0.4) is 0 Å². The molecule has 0 saturated carbocycles. The second-order valence-electron chi connectivity index (χ2n) is 5.05. The molecule has 0 aromatic carbocycles. The van der Waals surface area contributed by atoms with Crippen LogP contribution in [0.1, 0.15) is 40.0 Å². The summed E-state index contributed by atoms with van der Waals surface area (Å²) in [6.45, 7) is 10.3. The van der Waals surface area contributed by atoms with Gasteiger partial charge in [-0.1, -0.05) is 50.9 Å². The van der Waals surface area contributed by atoms with Gasteiger partial charge in [0.15, 0.2) is 0 Å². The minimum Gasteiger partial charge on any atom is -0.466 e. The third kappa shape index (κ3) is 7.50. The van der Waals surface area contributed by atoms with Gasteiger partial charge in [0.2, 0.25) is 0 Å². The Morgan fingerprint density at radius 1 is 1.26 bits per heavy atom. The highest BCUT2D eigenvalue weighted by Gasteiger charge is 2.28. The molecule has 0 aliphatic carbocycles. The first kappa shape index (κ1) is 19.2. The van der Waals surface area contributed by atoms with Crippen LogP contribution in [0.4, 0.5) is 0 Å². The lowest BCUT2D eigenvalue weighted by Gasteiger charge is -2.27. The number of rotatable bonds is 10. The molecule has 4 heteroatoms. The average Bonchev–Trinajstić information content (AvgIpc) is 2.35. The zero-order valence-electron chi connectivity index (χ0n) is 12.3. The highest BCUT2D eigenvalue weighted by molar-refractivity contribution is 9.09. The van der Waals surface area contributed by atoms with Crippen LogP contribution in [0.5, 0.6) is 0 Å². The van der Waals surface area contributed by atoms with Crippen LogP contribution >= 0.6 is 31.9 Å². The van der Waals surface area contributed by atoms with E-state index < -0.39 is 0 Å². The molecule has 0 spiro atoms. The maximum atomic E-state index is 11.9. The lowest BCUT2D eigenvalue weighted by atomic mass is 9.79. The monoisotopic (exact) mass is 396 g/mol. The zero-order valence-corrected chi connectivity index (χ0v) is 15.4. The van der Waals surface area contributed by atoms with E-state index in [2.05, 4.69) is 38.4 Å². The molecular formula is C15H26Br2O2. The molecule has 0 aliphatic heterocycles. The van der Waals surface area contributed by atoms with E-state index in [9.17, 15) is 4.79 Å². The van der Waals surface area contributed by atoms with Crippen molar-refractivity contribution >= 4 is 37.8 Å². The van der Waals surface area contributed by atoms with Gasteiger partial charge in [-0.3, -0.25) is 4.79 Å². The van der Waals surface area contributed by atoms with Crippen molar-refractivity contribution in [2.75, 3.05) is 17.3 Å². The molecule has 0 radical (unpaired) electrons. The molecule has 112 valence electrons. The summed E-state index contributed by atoms with van der Waals surface area (Å²) in [5.74, 6) is 0.608. The van der Waals surface area contributed by atoms with Gasteiger partial charge in [0.25, 0.3) is 0 Å². The van der Waals surface area contributed by atoms with Gasteiger partial charge in [-0.25, -0.2) is 0 Å². The summed E-state index contributed by atoms with van der Waals surface area (Å²) in [6, 6.07) is 0. The van der Waals surface area contributed by atoms with Gasteiger partial charge in [-0.05, 0) is 44.9 Å². The van der Waals surface area contributed by atoms with Gasteiger partial charge >= 0.3 is 5.97 Å². The van der Waals surface area contributed by atoms with Crippen molar-refractivity contribution in [1.29, 1.82) is 0 Å². The van der Waals surface area contributed by atoms with E-state index in [1.54, 1.807) is 0 Å². The van der Waals surface area contributed by atoms with Gasteiger partial charge in [-0.15, -0.1) is 0 Å². The van der Waals surface area contributed by atoms with Crippen LogP contribution in [0, 0.1) is 17.8 Å². The normalized spacial score (nSPS) is 14.2. The lowest BCUT2D eigenvalue weighted by molar-refractivity contribution is -0.149. The van der Waals surface area contributed by atoms with E-state index in [0.29, 0.717) is 12.5 Å². The maximum absolute atomic E-state index is 11.9. The predicted molar refractivity (Wildman–Crippen MR) is 89.0 cm³/mol. The summed E-state index contributed by atoms with van der Waals surface area (Å²) < 4.78 is 5.14. The first-order chi connectivity index (χ1) is 8.97. The Hall–Kier alpha value is 0.170. The molecular weight excluding hydrogens is 372 g/mol. The van der Waals surface area contributed by atoms with E-state index in [0.717, 1.165) is 35.5 Å². The van der Waals surface area contributed by atoms with Crippen LogP contribution in [0.25, 0.3) is 0 Å². The number of ether oxygens (including phenoxy) is 1.